The smallest absolute Gasteiger partial charge is 0.410 e. The van der Waals surface area contributed by atoms with E-state index in [2.05, 4.69) is 17.0 Å². The van der Waals surface area contributed by atoms with Crippen molar-refractivity contribution < 1.29 is 23.8 Å². The molecule has 7 nitrogen and oxygen atoms in total. The third-order valence-electron chi connectivity index (χ3n) is 4.91. The largest absolute Gasteiger partial charge is 0.507 e. The number of ether oxygens (including phenoxy) is 1. The van der Waals surface area contributed by atoms with E-state index in [0.29, 0.717) is 30.6 Å². The lowest BCUT2D eigenvalue weighted by Crippen LogP contribution is -2.16. The normalized spacial score (nSPS) is 12.2. The molecule has 0 aliphatic carbocycles. The number of hydrogen-bond acceptors (Lipinski definition) is 6. The lowest BCUT2D eigenvalue weighted by Gasteiger charge is -2.05. The Morgan fingerprint density at radius 3 is 2.56 bits per heavy atom. The molecule has 1 amide bonds. The third-order valence-corrected chi connectivity index (χ3v) is 4.91. The number of amides is 1. The Morgan fingerprint density at radius 1 is 1.16 bits per heavy atom. The molecule has 32 heavy (non-hydrogen) atoms. The van der Waals surface area contributed by atoms with Crippen LogP contribution in [0.5, 0.6) is 5.75 Å². The van der Waals surface area contributed by atoms with Gasteiger partial charge < -0.3 is 14.3 Å². The van der Waals surface area contributed by atoms with E-state index in [-0.39, 0.29) is 11.3 Å². The number of Topliss-reactive ketones (excluding diaryl/α,β-unsaturated/α-hetero) is 1. The van der Waals surface area contributed by atoms with Crippen LogP contribution in [0.2, 0.25) is 0 Å². The van der Waals surface area contributed by atoms with Crippen LogP contribution < -0.4 is 10.9 Å². The summed E-state index contributed by atoms with van der Waals surface area (Å²) in [5, 5.41) is 12.7. The quantitative estimate of drug-likeness (QED) is 0.178. The molecule has 0 aliphatic heterocycles. The van der Waals surface area contributed by atoms with Crippen molar-refractivity contribution in [3.63, 3.8) is 0 Å². The van der Waals surface area contributed by atoms with Crippen LogP contribution in [0.4, 0.5) is 4.79 Å². The van der Waals surface area contributed by atoms with E-state index in [9.17, 15) is 19.5 Å². The first-order valence-corrected chi connectivity index (χ1v) is 11.0. The van der Waals surface area contributed by atoms with Crippen molar-refractivity contribution in [1.29, 1.82) is 0 Å². The highest BCUT2D eigenvalue weighted by molar-refractivity contribution is 6.09. The zero-order chi connectivity index (χ0) is 23.9. The molecule has 0 saturated heterocycles. The van der Waals surface area contributed by atoms with E-state index in [1.807, 2.05) is 13.0 Å². The van der Waals surface area contributed by atoms with Crippen molar-refractivity contribution in [2.75, 3.05) is 7.11 Å². The van der Waals surface area contributed by atoms with E-state index in [1.165, 1.54) is 38.6 Å². The summed E-state index contributed by atoms with van der Waals surface area (Å²) in [5.41, 5.74) is 0.326. The second-order valence-corrected chi connectivity index (χ2v) is 7.69. The highest BCUT2D eigenvalue weighted by Crippen LogP contribution is 2.20. The van der Waals surface area contributed by atoms with Crippen LogP contribution in [0.25, 0.3) is 0 Å². The summed E-state index contributed by atoms with van der Waals surface area (Å²) in [7, 11) is 1.27. The molecule has 0 spiro atoms. The first-order valence-electron chi connectivity index (χ1n) is 11.0. The number of carbonyl (C=O) groups excluding carboxylic acids is 2. The fraction of sp³-hybridized carbons (Fsp3) is 0.480. The number of unbranched alkanes of at least 4 members (excludes halogenated alkanes) is 4. The van der Waals surface area contributed by atoms with Gasteiger partial charge in [0.25, 0.3) is 0 Å². The van der Waals surface area contributed by atoms with E-state index in [0.717, 1.165) is 18.4 Å². The topological polar surface area (TPSA) is 106 Å². The van der Waals surface area contributed by atoms with Gasteiger partial charge in [0.15, 0.2) is 5.78 Å². The van der Waals surface area contributed by atoms with Crippen LogP contribution in [0.3, 0.4) is 0 Å². The third kappa shape index (κ3) is 9.81. The average molecular weight is 446 g/mol. The fourth-order valence-electron chi connectivity index (χ4n) is 2.98. The molecule has 0 saturated carbocycles. The van der Waals surface area contributed by atoms with Crippen LogP contribution in [0, 0.1) is 0 Å². The molecule has 7 heteroatoms. The summed E-state index contributed by atoms with van der Waals surface area (Å²) in [4.78, 5) is 35.9. The SMILES string of the molecule is CCCCCC/C(C)=C/C=C(\C)C(=O)c1c(O)cc(CCC/C=C/NC(=O)OC)oc1=O. The highest BCUT2D eigenvalue weighted by Gasteiger charge is 2.20. The average Bonchev–Trinajstić information content (AvgIpc) is 2.76. The van der Waals surface area contributed by atoms with Crippen molar-refractivity contribution in [1.82, 2.24) is 5.32 Å². The minimum absolute atomic E-state index is 0.294. The maximum atomic E-state index is 12.7. The Bertz CT molecular complexity index is 907. The number of carbonyl (C=O) groups is 2. The van der Waals surface area contributed by atoms with Crippen molar-refractivity contribution in [2.45, 2.75) is 72.1 Å². The van der Waals surface area contributed by atoms with Crippen molar-refractivity contribution >= 4 is 11.9 Å². The predicted octanol–water partition coefficient (Wildman–Crippen LogP) is 5.58. The standard InChI is InChI=1S/C25H35NO6/c1-5-6-7-9-12-18(2)14-15-19(3)23(28)22-21(27)17-20(32-24(22)29)13-10-8-11-16-26-25(30)31-4/h11,14-17,27H,5-10,12-13H2,1-4H3,(H,26,30)/b16-11+,18-14+,19-15+. The van der Waals surface area contributed by atoms with Crippen molar-refractivity contribution in [3.8, 4) is 5.75 Å². The molecule has 176 valence electrons. The summed E-state index contributed by atoms with van der Waals surface area (Å²) in [6.07, 6.45) is 13.5. The number of aromatic hydroxyl groups is 1. The number of allylic oxidation sites excluding steroid dienone is 5. The summed E-state index contributed by atoms with van der Waals surface area (Å²) in [6, 6.07) is 1.31. The van der Waals surface area contributed by atoms with Gasteiger partial charge in [-0.05, 0) is 45.1 Å². The number of alkyl carbamates (subject to hydrolysis) is 1. The molecule has 1 aromatic rings. The van der Waals surface area contributed by atoms with E-state index >= 15 is 0 Å². The Labute approximate surface area is 189 Å². The number of rotatable bonds is 13. The second-order valence-electron chi connectivity index (χ2n) is 7.69. The van der Waals surface area contributed by atoms with Crippen LogP contribution in [-0.2, 0) is 11.2 Å². The molecule has 0 aliphatic rings. The Balaban J connectivity index is 2.72. The van der Waals surface area contributed by atoms with E-state index in [4.69, 9.17) is 4.42 Å². The van der Waals surface area contributed by atoms with Crippen LogP contribution in [0.15, 0.2) is 50.9 Å². The van der Waals surface area contributed by atoms with Crippen LogP contribution in [0.1, 0.15) is 81.8 Å². The zero-order valence-corrected chi connectivity index (χ0v) is 19.5. The highest BCUT2D eigenvalue weighted by atomic mass is 16.5. The lowest BCUT2D eigenvalue weighted by molar-refractivity contribution is 0.102. The Morgan fingerprint density at radius 2 is 1.91 bits per heavy atom. The van der Waals surface area contributed by atoms with Gasteiger partial charge in [-0.3, -0.25) is 10.1 Å². The number of aryl methyl sites for hydroxylation is 1. The van der Waals surface area contributed by atoms with Crippen LogP contribution in [-0.4, -0.2) is 24.1 Å². The second kappa shape index (κ2) is 14.8. The lowest BCUT2D eigenvalue weighted by atomic mass is 10.0. The molecule has 0 radical (unpaired) electrons. The first-order chi connectivity index (χ1) is 15.3. The van der Waals surface area contributed by atoms with E-state index < -0.39 is 17.5 Å². The summed E-state index contributed by atoms with van der Waals surface area (Å²) < 4.78 is 9.67. The van der Waals surface area contributed by atoms with Gasteiger partial charge in [-0.25, -0.2) is 9.59 Å². The molecule has 0 atom stereocenters. The minimum Gasteiger partial charge on any atom is -0.507 e. The zero-order valence-electron chi connectivity index (χ0n) is 19.5. The molecule has 1 rings (SSSR count). The van der Waals surface area contributed by atoms with Gasteiger partial charge in [0.05, 0.1) is 7.11 Å². The van der Waals surface area contributed by atoms with Gasteiger partial charge in [-0.1, -0.05) is 50.0 Å². The molecule has 0 unspecified atom stereocenters. The molecule has 2 N–H and O–H groups in total. The molecular weight excluding hydrogens is 410 g/mol. The first kappa shape index (κ1) is 26.9. The monoisotopic (exact) mass is 445 g/mol. The Kier molecular flexibility index (Phi) is 12.5. The van der Waals surface area contributed by atoms with Gasteiger partial charge in [-0.15, -0.1) is 0 Å². The Hall–Kier alpha value is -3.09. The minimum atomic E-state index is -0.846. The molecule has 0 aromatic carbocycles. The summed E-state index contributed by atoms with van der Waals surface area (Å²) in [5.74, 6) is -0.630. The van der Waals surface area contributed by atoms with Crippen LogP contribution >= 0.6 is 0 Å². The maximum absolute atomic E-state index is 12.7. The number of nitrogens with one attached hydrogen (secondary N) is 1. The maximum Gasteiger partial charge on any atom is 0.410 e. The number of ketones is 1. The summed E-state index contributed by atoms with van der Waals surface area (Å²) in [6.45, 7) is 5.80. The van der Waals surface area contributed by atoms with Gasteiger partial charge in [0.2, 0.25) is 0 Å². The molecule has 0 fully saturated rings. The van der Waals surface area contributed by atoms with Gasteiger partial charge in [0, 0.05) is 18.7 Å². The predicted molar refractivity (Wildman–Crippen MR) is 125 cm³/mol. The van der Waals surface area contributed by atoms with Crippen molar-refractivity contribution in [3.05, 3.63) is 63.4 Å². The molecule has 0 bridgehead atoms. The van der Waals surface area contributed by atoms with Gasteiger partial charge in [0.1, 0.15) is 17.1 Å². The summed E-state index contributed by atoms with van der Waals surface area (Å²) >= 11 is 0. The van der Waals surface area contributed by atoms with Crippen molar-refractivity contribution in [2.24, 2.45) is 0 Å². The molecular formula is C25H35NO6. The molecule has 1 heterocycles. The number of hydrogen-bond donors (Lipinski definition) is 2. The molecule has 1 aromatic heterocycles. The van der Waals surface area contributed by atoms with Gasteiger partial charge >= 0.3 is 11.7 Å². The van der Waals surface area contributed by atoms with Gasteiger partial charge in [-0.2, -0.15) is 0 Å². The van der Waals surface area contributed by atoms with E-state index in [1.54, 1.807) is 19.1 Å². The number of methoxy groups -OCH3 is 1. The fourth-order valence-corrected chi connectivity index (χ4v) is 2.98.